The Hall–Kier alpha value is -3.79. The maximum atomic E-state index is 13.7. The third kappa shape index (κ3) is 6.59. The molecule has 3 amide bonds. The third-order valence-electron chi connectivity index (χ3n) is 7.85. The van der Waals surface area contributed by atoms with Gasteiger partial charge in [-0.2, -0.15) is 0 Å². The first kappa shape index (κ1) is 30.2. The molecule has 4 rings (SSSR count). The topological polar surface area (TPSA) is 121 Å². The summed E-state index contributed by atoms with van der Waals surface area (Å²) in [5.74, 6) is -1.68. The van der Waals surface area contributed by atoms with E-state index in [9.17, 15) is 19.2 Å². The Morgan fingerprint density at radius 3 is 2.51 bits per heavy atom. The van der Waals surface area contributed by atoms with Crippen molar-refractivity contribution in [2.24, 2.45) is 11.3 Å². The summed E-state index contributed by atoms with van der Waals surface area (Å²) in [4.78, 5) is 59.4. The van der Waals surface area contributed by atoms with Gasteiger partial charge in [-0.25, -0.2) is 5.43 Å². The molecule has 2 aliphatic heterocycles. The normalized spacial score (nSPS) is 26.3. The number of pyridine rings is 1. The molecule has 2 aliphatic rings. The standard InChI is InChI=1S/C31H41N5O5/c1-18(2)26-27(37)33-19(3)28(38)36-14-8-9-25(34-36)29(39)41-20(4)21-10-11-22-17-32-24(16-23(22)15-21)12-13-31(5,6)30(40)35(26)7/h10-13,15-20,25-26,34H,8-9,14H2,1-7H3,(H,33,37)/t19-,20+,25-,26-/m0/s1. The van der Waals surface area contributed by atoms with Crippen LogP contribution in [0, 0.1) is 11.3 Å². The van der Waals surface area contributed by atoms with Gasteiger partial charge in [0.1, 0.15) is 24.2 Å². The van der Waals surface area contributed by atoms with Crippen molar-refractivity contribution in [3.63, 3.8) is 0 Å². The number of nitrogens with one attached hydrogen (secondary N) is 2. The Morgan fingerprint density at radius 2 is 1.80 bits per heavy atom. The van der Waals surface area contributed by atoms with Crippen molar-refractivity contribution in [2.75, 3.05) is 13.6 Å². The summed E-state index contributed by atoms with van der Waals surface area (Å²) in [5, 5.41) is 6.02. The second-order valence-electron chi connectivity index (χ2n) is 12.0. The fourth-order valence-corrected chi connectivity index (χ4v) is 5.43. The van der Waals surface area contributed by atoms with Crippen LogP contribution in [0.5, 0.6) is 0 Å². The first-order valence-electron chi connectivity index (χ1n) is 14.2. The van der Waals surface area contributed by atoms with Gasteiger partial charge in [0.2, 0.25) is 11.8 Å². The van der Waals surface area contributed by atoms with Crippen molar-refractivity contribution in [3.8, 4) is 0 Å². The highest BCUT2D eigenvalue weighted by molar-refractivity contribution is 5.94. The van der Waals surface area contributed by atoms with E-state index < -0.39 is 41.5 Å². The summed E-state index contributed by atoms with van der Waals surface area (Å²) in [6.07, 6.45) is 5.97. The molecule has 0 aliphatic carbocycles. The lowest BCUT2D eigenvalue weighted by Crippen LogP contribution is -2.61. The van der Waals surface area contributed by atoms with Gasteiger partial charge in [0.05, 0.1) is 11.1 Å². The molecule has 1 aromatic carbocycles. The van der Waals surface area contributed by atoms with E-state index in [1.807, 2.05) is 45.0 Å². The molecule has 0 radical (unpaired) electrons. The van der Waals surface area contributed by atoms with E-state index in [0.29, 0.717) is 25.1 Å². The summed E-state index contributed by atoms with van der Waals surface area (Å²) in [6, 6.07) is 5.37. The largest absolute Gasteiger partial charge is 0.457 e. The number of cyclic esters (lactones) is 1. The number of hydrogen-bond acceptors (Lipinski definition) is 7. The maximum absolute atomic E-state index is 13.7. The monoisotopic (exact) mass is 563 g/mol. The Balaban J connectivity index is 1.74. The number of hydrazine groups is 1. The minimum absolute atomic E-state index is 0.210. The van der Waals surface area contributed by atoms with Gasteiger partial charge in [-0.15, -0.1) is 0 Å². The number of rotatable bonds is 1. The number of likely N-dealkylation sites (N-methyl/N-ethyl adjacent to an activating group) is 1. The third-order valence-corrected chi connectivity index (χ3v) is 7.85. The van der Waals surface area contributed by atoms with Crippen LogP contribution in [0.2, 0.25) is 0 Å². The number of benzene rings is 1. The Kier molecular flexibility index (Phi) is 8.82. The van der Waals surface area contributed by atoms with Gasteiger partial charge in [-0.05, 0) is 75.6 Å². The van der Waals surface area contributed by atoms with Crippen LogP contribution < -0.4 is 10.7 Å². The highest BCUT2D eigenvalue weighted by Gasteiger charge is 2.38. The molecule has 0 unspecified atom stereocenters. The average molecular weight is 564 g/mol. The van der Waals surface area contributed by atoms with E-state index in [2.05, 4.69) is 15.7 Å². The van der Waals surface area contributed by atoms with Crippen molar-refractivity contribution >= 4 is 40.5 Å². The molecule has 3 heterocycles. The lowest BCUT2D eigenvalue weighted by atomic mass is 9.89. The maximum Gasteiger partial charge on any atom is 0.325 e. The number of carbonyl (C=O) groups excluding carboxylic acids is 4. The highest BCUT2D eigenvalue weighted by Crippen LogP contribution is 2.27. The number of hydrogen-bond donors (Lipinski definition) is 2. The smallest absolute Gasteiger partial charge is 0.325 e. The lowest BCUT2D eigenvalue weighted by Gasteiger charge is -2.37. The Morgan fingerprint density at radius 1 is 1.07 bits per heavy atom. The molecule has 1 fully saturated rings. The molecule has 2 N–H and O–H groups in total. The summed E-state index contributed by atoms with van der Waals surface area (Å²) in [6.45, 7) is 11.1. The molecule has 4 atom stereocenters. The van der Waals surface area contributed by atoms with E-state index in [0.717, 1.165) is 16.3 Å². The zero-order chi connectivity index (χ0) is 30.1. The number of fused-ring (bicyclic) bond motifs is 4. The Bertz CT molecular complexity index is 1370. The van der Waals surface area contributed by atoms with Crippen molar-refractivity contribution in [1.29, 1.82) is 0 Å². The molecule has 5 bridgehead atoms. The Labute approximate surface area is 241 Å². The molecular formula is C31H41N5O5. The number of amides is 3. The summed E-state index contributed by atoms with van der Waals surface area (Å²) < 4.78 is 5.81. The van der Waals surface area contributed by atoms with Crippen LogP contribution in [0.1, 0.15) is 71.7 Å². The van der Waals surface area contributed by atoms with E-state index in [4.69, 9.17) is 4.74 Å². The van der Waals surface area contributed by atoms with Gasteiger partial charge in [0.25, 0.3) is 5.91 Å². The number of carbonyl (C=O) groups is 4. The van der Waals surface area contributed by atoms with Crippen LogP contribution in [0.15, 0.2) is 36.5 Å². The van der Waals surface area contributed by atoms with Crippen molar-refractivity contribution in [2.45, 2.75) is 78.6 Å². The predicted octanol–water partition coefficient (Wildman–Crippen LogP) is 3.38. The zero-order valence-corrected chi connectivity index (χ0v) is 24.9. The molecule has 2 aromatic rings. The number of ether oxygens (including phenoxy) is 1. The van der Waals surface area contributed by atoms with E-state index in [1.54, 1.807) is 46.2 Å². The van der Waals surface area contributed by atoms with Gasteiger partial charge in [0, 0.05) is 25.2 Å². The molecule has 1 saturated heterocycles. The van der Waals surface area contributed by atoms with Crippen LogP contribution in [-0.2, 0) is 23.9 Å². The zero-order valence-electron chi connectivity index (χ0n) is 24.9. The van der Waals surface area contributed by atoms with Crippen LogP contribution in [0.3, 0.4) is 0 Å². The first-order chi connectivity index (χ1) is 19.3. The minimum atomic E-state index is -0.934. The van der Waals surface area contributed by atoms with Gasteiger partial charge in [-0.3, -0.25) is 29.2 Å². The minimum Gasteiger partial charge on any atom is -0.457 e. The number of esters is 1. The summed E-state index contributed by atoms with van der Waals surface area (Å²) in [5.41, 5.74) is 3.57. The molecular weight excluding hydrogens is 522 g/mol. The number of nitrogens with zero attached hydrogens (tertiary/aromatic N) is 3. The highest BCUT2D eigenvalue weighted by atomic mass is 16.5. The van der Waals surface area contributed by atoms with Crippen molar-refractivity contribution in [1.82, 2.24) is 25.6 Å². The van der Waals surface area contributed by atoms with E-state index in [-0.39, 0.29) is 17.7 Å². The van der Waals surface area contributed by atoms with Crippen LogP contribution in [0.4, 0.5) is 0 Å². The van der Waals surface area contributed by atoms with Gasteiger partial charge < -0.3 is 15.0 Å². The van der Waals surface area contributed by atoms with Gasteiger partial charge >= 0.3 is 5.97 Å². The van der Waals surface area contributed by atoms with E-state index >= 15 is 0 Å². The van der Waals surface area contributed by atoms with Crippen molar-refractivity contribution < 1.29 is 23.9 Å². The average Bonchev–Trinajstić information content (AvgIpc) is 2.94. The number of aromatic nitrogens is 1. The second-order valence-corrected chi connectivity index (χ2v) is 12.0. The van der Waals surface area contributed by atoms with Crippen LogP contribution in [-0.4, -0.2) is 70.3 Å². The molecule has 1 aromatic heterocycles. The molecule has 220 valence electrons. The van der Waals surface area contributed by atoms with Crippen LogP contribution >= 0.6 is 0 Å². The fraction of sp³-hybridized carbons (Fsp3) is 0.516. The van der Waals surface area contributed by atoms with Crippen LogP contribution in [0.25, 0.3) is 16.8 Å². The molecule has 10 heteroatoms. The SMILES string of the molecule is CC(C)[C@H]1C(=O)N[C@@H](C)C(=O)N2CCC[C@H](N2)C(=O)O[C@H](C)c2ccc3cnc(cc3c2)C=CC(C)(C)C(=O)N1C. The second kappa shape index (κ2) is 12.0. The molecule has 0 spiro atoms. The predicted molar refractivity (Wildman–Crippen MR) is 156 cm³/mol. The summed E-state index contributed by atoms with van der Waals surface area (Å²) >= 11 is 0. The molecule has 0 saturated carbocycles. The van der Waals surface area contributed by atoms with Gasteiger partial charge in [0.15, 0.2) is 0 Å². The van der Waals surface area contributed by atoms with Crippen molar-refractivity contribution in [3.05, 3.63) is 47.8 Å². The first-order valence-corrected chi connectivity index (χ1v) is 14.2. The van der Waals surface area contributed by atoms with Gasteiger partial charge in [-0.1, -0.05) is 32.1 Å². The summed E-state index contributed by atoms with van der Waals surface area (Å²) in [7, 11) is 1.61. The lowest BCUT2D eigenvalue weighted by molar-refractivity contribution is -0.157. The van der Waals surface area contributed by atoms with E-state index in [1.165, 1.54) is 9.91 Å². The fourth-order valence-electron chi connectivity index (χ4n) is 5.43. The molecule has 10 nitrogen and oxygen atoms in total. The quantitative estimate of drug-likeness (QED) is 0.511. The molecule has 41 heavy (non-hydrogen) atoms.